The summed E-state index contributed by atoms with van der Waals surface area (Å²) >= 11 is 0. The van der Waals surface area contributed by atoms with Crippen molar-refractivity contribution < 1.29 is 18.8 Å². The molecule has 1 aliphatic heterocycles. The summed E-state index contributed by atoms with van der Waals surface area (Å²) in [6.45, 7) is 8.58. The zero-order valence-corrected chi connectivity index (χ0v) is 31.4. The van der Waals surface area contributed by atoms with Crippen molar-refractivity contribution >= 4 is 28.4 Å². The second-order valence-electron chi connectivity index (χ2n) is 16.6. The lowest BCUT2D eigenvalue weighted by atomic mass is 9.53. The molecule has 4 atom stereocenters. The number of hydrogen-bond acceptors (Lipinski definition) is 5. The fraction of sp³-hybridized carbons (Fsp3) is 0.489. The molecule has 2 heterocycles. The monoisotopic (exact) mass is 730 g/mol. The Kier molecular flexibility index (Phi) is 10.0. The number of hydrogen-bond donors (Lipinski definition) is 1. The molecule has 0 unspecified atom stereocenters. The number of carbonyl (C=O) groups is 3. The fourth-order valence-corrected chi connectivity index (χ4v) is 10.7. The van der Waals surface area contributed by atoms with Crippen molar-refractivity contribution in [2.45, 2.75) is 90.4 Å². The minimum atomic E-state index is -0.585. The molecular weight excluding hydrogens is 680 g/mol. The van der Waals surface area contributed by atoms with E-state index in [2.05, 4.69) is 23.7 Å². The van der Waals surface area contributed by atoms with Crippen molar-refractivity contribution in [1.29, 1.82) is 0 Å². The fourth-order valence-electron chi connectivity index (χ4n) is 10.7. The number of nitrogens with zero attached hydrogens (tertiary/aromatic N) is 3. The first-order valence-corrected chi connectivity index (χ1v) is 20.1. The van der Waals surface area contributed by atoms with Crippen molar-refractivity contribution in [2.75, 3.05) is 26.2 Å². The van der Waals surface area contributed by atoms with Crippen LogP contribution in [0.1, 0.15) is 106 Å². The van der Waals surface area contributed by atoms with Crippen LogP contribution >= 0.6 is 0 Å². The molecule has 0 bridgehead atoms. The molecule has 2 saturated carbocycles. The predicted molar refractivity (Wildman–Crippen MR) is 207 cm³/mol. The Morgan fingerprint density at radius 1 is 0.944 bits per heavy atom. The maximum atomic E-state index is 15.0. The summed E-state index contributed by atoms with van der Waals surface area (Å²) in [5, 5.41) is 8.02. The van der Waals surface area contributed by atoms with E-state index in [-0.39, 0.29) is 34.1 Å². The standard InChI is InChI=1S/C45H51FN4O4/c1-28-12-18-38-36-16-14-30-26-32(51)15-17-33(30)42(36)31(27-45(28,38)2)8-4-3-5-11-41(52)49-20-22-50(23-21-49)44(54)37-24-29(13-19-39(37)46)25-40-34-9-6-7-10-35(34)43(53)48-47-40/h6-7,9-10,13,19,24,26,31,36,38H,1,3-5,8,11-12,14-18,20-23,25,27H2,2H3,(H,48,53)/t31-,36-,38-,45+/m0/s1. The van der Waals surface area contributed by atoms with Crippen LogP contribution in [0.15, 0.2) is 82.2 Å². The van der Waals surface area contributed by atoms with Gasteiger partial charge in [-0.25, -0.2) is 9.49 Å². The number of fused-ring (bicyclic) bond motifs is 5. The SMILES string of the molecule is C=C1CC[C@H]2[C@@H]3CCC4=CC(=O)CCC4=C3[C@@H](CCCCCC(=O)N3CCN(C(=O)c4cc(Cc5n[nH]c(=O)c6ccccc56)ccc4F)CC3)C[C@]12C. The van der Waals surface area contributed by atoms with Crippen LogP contribution in [-0.2, 0) is 16.0 Å². The number of unbranched alkanes of at least 4 members (excludes halogenated alkanes) is 2. The topological polar surface area (TPSA) is 103 Å². The van der Waals surface area contributed by atoms with Crippen LogP contribution in [0, 0.1) is 29.0 Å². The van der Waals surface area contributed by atoms with Gasteiger partial charge in [-0.15, -0.1) is 0 Å². The lowest BCUT2D eigenvalue weighted by molar-refractivity contribution is -0.132. The molecule has 1 saturated heterocycles. The molecular formula is C45H51FN4O4. The molecule has 1 N–H and O–H groups in total. The van der Waals surface area contributed by atoms with Crippen LogP contribution < -0.4 is 5.56 Å². The van der Waals surface area contributed by atoms with E-state index < -0.39 is 5.82 Å². The molecule has 5 aliphatic rings. The molecule has 0 spiro atoms. The van der Waals surface area contributed by atoms with E-state index in [1.165, 1.54) is 29.2 Å². The molecule has 3 fully saturated rings. The molecule has 1 aromatic heterocycles. The molecule has 9 heteroatoms. The molecule has 4 aliphatic carbocycles. The Morgan fingerprint density at radius 2 is 1.72 bits per heavy atom. The highest BCUT2D eigenvalue weighted by molar-refractivity contribution is 5.95. The number of aromatic amines is 1. The normalized spacial score (nSPS) is 25.4. The zero-order valence-electron chi connectivity index (χ0n) is 31.4. The highest BCUT2D eigenvalue weighted by atomic mass is 19.1. The number of nitrogens with one attached hydrogen (secondary N) is 1. The van der Waals surface area contributed by atoms with Crippen molar-refractivity contribution in [3.05, 3.63) is 110 Å². The van der Waals surface area contributed by atoms with Crippen LogP contribution in [0.4, 0.5) is 4.39 Å². The maximum Gasteiger partial charge on any atom is 0.272 e. The van der Waals surface area contributed by atoms with E-state index >= 15 is 4.39 Å². The molecule has 2 amide bonds. The Balaban J connectivity index is 0.836. The van der Waals surface area contributed by atoms with Gasteiger partial charge in [0, 0.05) is 50.8 Å². The summed E-state index contributed by atoms with van der Waals surface area (Å²) in [4.78, 5) is 54.7. The van der Waals surface area contributed by atoms with Gasteiger partial charge in [-0.2, -0.15) is 5.10 Å². The van der Waals surface area contributed by atoms with Gasteiger partial charge in [-0.1, -0.05) is 61.8 Å². The lowest BCUT2D eigenvalue weighted by Crippen LogP contribution is -2.50. The van der Waals surface area contributed by atoms with E-state index in [1.807, 2.05) is 23.1 Å². The number of benzene rings is 2. The summed E-state index contributed by atoms with van der Waals surface area (Å²) < 4.78 is 15.0. The Bertz CT molecular complexity index is 2140. The molecule has 54 heavy (non-hydrogen) atoms. The molecule has 282 valence electrons. The van der Waals surface area contributed by atoms with Crippen molar-refractivity contribution in [1.82, 2.24) is 20.0 Å². The Morgan fingerprint density at radius 3 is 2.54 bits per heavy atom. The van der Waals surface area contributed by atoms with Crippen molar-refractivity contribution in [3.63, 3.8) is 0 Å². The number of piperazine rings is 1. The first kappa shape index (κ1) is 36.3. The summed E-state index contributed by atoms with van der Waals surface area (Å²) in [6, 6.07) is 11.7. The quantitative estimate of drug-likeness (QED) is 0.178. The Hall–Kier alpha value is -4.66. The molecule has 2 aromatic carbocycles. The molecule has 0 radical (unpaired) electrons. The smallest absolute Gasteiger partial charge is 0.272 e. The van der Waals surface area contributed by atoms with Gasteiger partial charge in [-0.3, -0.25) is 19.2 Å². The summed E-state index contributed by atoms with van der Waals surface area (Å²) in [5.41, 5.74) is 7.22. The van der Waals surface area contributed by atoms with Crippen LogP contribution in [0.25, 0.3) is 10.8 Å². The lowest BCUT2D eigenvalue weighted by Gasteiger charge is -2.51. The zero-order chi connectivity index (χ0) is 37.6. The number of aromatic nitrogens is 2. The minimum Gasteiger partial charge on any atom is -0.339 e. The van der Waals surface area contributed by atoms with Gasteiger partial charge in [0.25, 0.3) is 11.5 Å². The summed E-state index contributed by atoms with van der Waals surface area (Å²) in [5.74, 6) is 1.23. The third-order valence-electron chi connectivity index (χ3n) is 13.6. The first-order valence-electron chi connectivity index (χ1n) is 20.1. The summed E-state index contributed by atoms with van der Waals surface area (Å²) in [7, 11) is 0. The number of H-pyrrole nitrogens is 1. The number of rotatable bonds is 9. The van der Waals surface area contributed by atoms with Crippen molar-refractivity contribution in [3.8, 4) is 0 Å². The summed E-state index contributed by atoms with van der Waals surface area (Å²) in [6.07, 6.45) is 14.1. The van der Waals surface area contributed by atoms with Crippen LogP contribution in [0.5, 0.6) is 0 Å². The van der Waals surface area contributed by atoms with Crippen LogP contribution in [0.2, 0.25) is 0 Å². The van der Waals surface area contributed by atoms with Crippen molar-refractivity contribution in [2.24, 2.45) is 23.2 Å². The van der Waals surface area contributed by atoms with E-state index in [1.54, 1.807) is 34.7 Å². The van der Waals surface area contributed by atoms with E-state index in [4.69, 9.17) is 0 Å². The third kappa shape index (κ3) is 6.79. The molecule has 8 rings (SSSR count). The van der Waals surface area contributed by atoms with E-state index in [0.29, 0.717) is 79.8 Å². The predicted octanol–water partition coefficient (Wildman–Crippen LogP) is 7.88. The molecule has 8 nitrogen and oxygen atoms in total. The van der Waals surface area contributed by atoms with Gasteiger partial charge in [0.15, 0.2) is 5.78 Å². The average molecular weight is 731 g/mol. The maximum absolute atomic E-state index is 15.0. The van der Waals surface area contributed by atoms with Crippen LogP contribution in [-0.4, -0.2) is 63.8 Å². The second-order valence-corrected chi connectivity index (χ2v) is 16.6. The van der Waals surface area contributed by atoms with Gasteiger partial charge in [0.2, 0.25) is 5.91 Å². The molecule has 3 aromatic rings. The van der Waals surface area contributed by atoms with E-state index in [0.717, 1.165) is 63.2 Å². The van der Waals surface area contributed by atoms with Gasteiger partial charge in [0.1, 0.15) is 5.82 Å². The minimum absolute atomic E-state index is 0.000986. The number of halogens is 1. The number of carbonyl (C=O) groups excluding carboxylic acids is 3. The average Bonchev–Trinajstić information content (AvgIpc) is 3.48. The number of allylic oxidation sites excluding steroid dienone is 5. The van der Waals surface area contributed by atoms with E-state index in [9.17, 15) is 19.2 Å². The Labute approximate surface area is 316 Å². The highest BCUT2D eigenvalue weighted by Gasteiger charge is 2.53. The second kappa shape index (κ2) is 14.9. The van der Waals surface area contributed by atoms with Gasteiger partial charge in [0.05, 0.1) is 16.6 Å². The highest BCUT2D eigenvalue weighted by Crippen LogP contribution is 2.63. The number of ketones is 1. The third-order valence-corrected chi connectivity index (χ3v) is 13.6. The number of amides is 2. The first-order chi connectivity index (χ1) is 26.1. The van der Waals surface area contributed by atoms with Gasteiger partial charge in [-0.05, 0) is 116 Å². The largest absolute Gasteiger partial charge is 0.339 e. The van der Waals surface area contributed by atoms with Gasteiger partial charge >= 0.3 is 0 Å². The van der Waals surface area contributed by atoms with Crippen LogP contribution in [0.3, 0.4) is 0 Å². The van der Waals surface area contributed by atoms with Gasteiger partial charge < -0.3 is 9.80 Å².